The maximum Gasteiger partial charge on any atom is 0.335 e. The maximum absolute atomic E-state index is 12.2. The molecule has 0 saturated carbocycles. The summed E-state index contributed by atoms with van der Waals surface area (Å²) < 4.78 is 28.0. The molecule has 0 spiro atoms. The number of aromatic carboxylic acids is 1. The summed E-state index contributed by atoms with van der Waals surface area (Å²) in [7, 11) is -3.72. The van der Waals surface area contributed by atoms with Gasteiger partial charge in [-0.1, -0.05) is 0 Å². The van der Waals surface area contributed by atoms with Crippen molar-refractivity contribution in [3.8, 4) is 0 Å². The van der Waals surface area contributed by atoms with Gasteiger partial charge in [0.1, 0.15) is 0 Å². The summed E-state index contributed by atoms with van der Waals surface area (Å²) in [6, 6.07) is 5.61. The van der Waals surface area contributed by atoms with Crippen LogP contribution in [-0.2, 0) is 16.6 Å². The molecule has 0 aliphatic rings. The van der Waals surface area contributed by atoms with Gasteiger partial charge in [-0.05, 0) is 56.1 Å². The first-order valence-corrected chi connectivity index (χ1v) is 9.50. The lowest BCUT2D eigenvalue weighted by molar-refractivity contribution is 0.0696. The van der Waals surface area contributed by atoms with E-state index in [4.69, 9.17) is 5.11 Å². The van der Waals surface area contributed by atoms with E-state index in [9.17, 15) is 13.2 Å². The van der Waals surface area contributed by atoms with Crippen LogP contribution in [-0.4, -0.2) is 19.5 Å². The van der Waals surface area contributed by atoms with Crippen molar-refractivity contribution < 1.29 is 18.3 Å². The van der Waals surface area contributed by atoms with Gasteiger partial charge in [-0.2, -0.15) is 0 Å². The van der Waals surface area contributed by atoms with Gasteiger partial charge in [0.15, 0.2) is 0 Å². The minimum absolute atomic E-state index is 0.00289. The monoisotopic (exact) mass is 453 g/mol. The van der Waals surface area contributed by atoms with Crippen molar-refractivity contribution in [1.29, 1.82) is 0 Å². The van der Waals surface area contributed by atoms with Crippen LogP contribution in [0.1, 0.15) is 15.2 Å². The number of thiophene rings is 1. The van der Waals surface area contributed by atoms with Gasteiger partial charge in [0, 0.05) is 25.7 Å². The second-order valence-corrected chi connectivity index (χ2v) is 8.51. The van der Waals surface area contributed by atoms with Crippen molar-refractivity contribution >= 4 is 59.2 Å². The fourth-order valence-electron chi connectivity index (χ4n) is 1.54. The van der Waals surface area contributed by atoms with Gasteiger partial charge >= 0.3 is 5.97 Å². The Labute approximate surface area is 142 Å². The van der Waals surface area contributed by atoms with E-state index in [2.05, 4.69) is 36.6 Å². The molecular weight excluding hydrogens is 446 g/mol. The molecule has 112 valence electrons. The molecule has 0 saturated heterocycles. The first-order valence-electron chi connectivity index (χ1n) is 5.55. The number of halogens is 2. The number of benzene rings is 1. The predicted octanol–water partition coefficient (Wildman–Crippen LogP) is 3.45. The van der Waals surface area contributed by atoms with Crippen LogP contribution < -0.4 is 4.72 Å². The van der Waals surface area contributed by atoms with Gasteiger partial charge < -0.3 is 5.11 Å². The largest absolute Gasteiger partial charge is 0.478 e. The molecule has 2 rings (SSSR count). The summed E-state index contributed by atoms with van der Waals surface area (Å²) in [4.78, 5) is 11.7. The molecule has 0 aliphatic carbocycles. The molecule has 9 heteroatoms. The number of rotatable bonds is 5. The highest BCUT2D eigenvalue weighted by Crippen LogP contribution is 2.24. The van der Waals surface area contributed by atoms with Crippen LogP contribution in [0.2, 0.25) is 0 Å². The van der Waals surface area contributed by atoms with Gasteiger partial charge in [-0.25, -0.2) is 17.9 Å². The van der Waals surface area contributed by atoms with Crippen molar-refractivity contribution in [3.05, 3.63) is 49.0 Å². The summed E-state index contributed by atoms with van der Waals surface area (Å²) in [6.45, 7) is 0.172. The van der Waals surface area contributed by atoms with Gasteiger partial charge in [0.25, 0.3) is 0 Å². The lowest BCUT2D eigenvalue weighted by Crippen LogP contribution is -2.23. The second kappa shape index (κ2) is 6.57. The van der Waals surface area contributed by atoms with Gasteiger partial charge in [-0.3, -0.25) is 0 Å². The summed E-state index contributed by atoms with van der Waals surface area (Å²) >= 11 is 7.83. The number of nitrogens with one attached hydrogen (secondary N) is 1. The third-order valence-electron chi connectivity index (χ3n) is 2.53. The lowest BCUT2D eigenvalue weighted by atomic mass is 10.2. The Morgan fingerprint density at radius 3 is 2.52 bits per heavy atom. The summed E-state index contributed by atoms with van der Waals surface area (Å²) in [6.07, 6.45) is 0. The van der Waals surface area contributed by atoms with Gasteiger partial charge in [0.2, 0.25) is 10.0 Å². The van der Waals surface area contributed by atoms with Crippen LogP contribution >= 0.6 is 43.2 Å². The highest BCUT2D eigenvalue weighted by Gasteiger charge is 2.19. The van der Waals surface area contributed by atoms with E-state index in [0.29, 0.717) is 0 Å². The fraction of sp³-hybridized carbons (Fsp3) is 0.0833. The number of sulfonamides is 1. The van der Waals surface area contributed by atoms with E-state index in [1.165, 1.54) is 29.5 Å². The number of carboxylic acids is 1. The van der Waals surface area contributed by atoms with E-state index in [-0.39, 0.29) is 21.5 Å². The molecule has 2 aromatic rings. The van der Waals surface area contributed by atoms with Crippen molar-refractivity contribution in [1.82, 2.24) is 4.72 Å². The van der Waals surface area contributed by atoms with Crippen molar-refractivity contribution in [3.63, 3.8) is 0 Å². The van der Waals surface area contributed by atoms with Crippen LogP contribution in [0.15, 0.2) is 43.5 Å². The Balaban J connectivity index is 2.21. The summed E-state index contributed by atoms with van der Waals surface area (Å²) in [5.74, 6) is -1.11. The van der Waals surface area contributed by atoms with Crippen molar-refractivity contribution in [2.45, 2.75) is 11.4 Å². The molecule has 1 heterocycles. The standard InChI is InChI=1S/C12H9Br2NO4S2/c13-8-4-9(20-6-8)5-15-21(18,19)11-2-1-7(12(16)17)3-10(11)14/h1-4,6,15H,5H2,(H,16,17). The highest BCUT2D eigenvalue weighted by molar-refractivity contribution is 9.10. The summed E-state index contributed by atoms with van der Waals surface area (Å²) in [5.41, 5.74) is 0.0167. The maximum atomic E-state index is 12.2. The molecule has 0 aliphatic heterocycles. The highest BCUT2D eigenvalue weighted by atomic mass is 79.9. The first-order chi connectivity index (χ1) is 9.79. The number of hydrogen-bond donors (Lipinski definition) is 2. The smallest absolute Gasteiger partial charge is 0.335 e. The van der Waals surface area contributed by atoms with E-state index in [1.807, 2.05) is 11.4 Å². The minimum Gasteiger partial charge on any atom is -0.478 e. The molecule has 0 amide bonds. The summed E-state index contributed by atoms with van der Waals surface area (Å²) in [5, 5.41) is 10.7. The quantitative estimate of drug-likeness (QED) is 0.724. The lowest BCUT2D eigenvalue weighted by Gasteiger charge is -2.08. The average Bonchev–Trinajstić information content (AvgIpc) is 2.82. The van der Waals surface area contributed by atoms with Crippen LogP contribution in [0.3, 0.4) is 0 Å². The van der Waals surface area contributed by atoms with Crippen LogP contribution in [0.25, 0.3) is 0 Å². The molecule has 2 N–H and O–H groups in total. The number of hydrogen-bond acceptors (Lipinski definition) is 4. The van der Waals surface area contributed by atoms with Crippen LogP contribution in [0, 0.1) is 0 Å². The van der Waals surface area contributed by atoms with E-state index in [0.717, 1.165) is 9.35 Å². The number of carboxylic acid groups (broad SMARTS) is 1. The molecule has 0 bridgehead atoms. The Bertz CT molecular complexity index is 786. The van der Waals surface area contributed by atoms with Gasteiger partial charge in [0.05, 0.1) is 10.5 Å². The second-order valence-electron chi connectivity index (χ2n) is 4.01. The fourth-order valence-corrected chi connectivity index (χ4v) is 5.11. The average molecular weight is 455 g/mol. The van der Waals surface area contributed by atoms with Crippen molar-refractivity contribution in [2.24, 2.45) is 0 Å². The molecule has 1 aromatic carbocycles. The van der Waals surface area contributed by atoms with E-state index >= 15 is 0 Å². The molecule has 0 unspecified atom stereocenters. The minimum atomic E-state index is -3.72. The molecule has 21 heavy (non-hydrogen) atoms. The normalized spacial score (nSPS) is 11.5. The van der Waals surface area contributed by atoms with Crippen LogP contribution in [0.4, 0.5) is 0 Å². The van der Waals surface area contributed by atoms with Crippen molar-refractivity contribution in [2.75, 3.05) is 0 Å². The zero-order chi connectivity index (χ0) is 15.6. The number of carbonyl (C=O) groups is 1. The SMILES string of the molecule is O=C(O)c1ccc(S(=O)(=O)NCc2cc(Br)cs2)c(Br)c1. The molecule has 0 fully saturated rings. The Hall–Kier alpha value is -0.740. The van der Waals surface area contributed by atoms with E-state index < -0.39 is 16.0 Å². The molecule has 1 aromatic heterocycles. The Kier molecular flexibility index (Phi) is 5.20. The third-order valence-corrected chi connectivity index (χ3v) is 6.60. The van der Waals surface area contributed by atoms with E-state index in [1.54, 1.807) is 0 Å². The molecule has 0 atom stereocenters. The van der Waals surface area contributed by atoms with Gasteiger partial charge in [-0.15, -0.1) is 11.3 Å². The zero-order valence-electron chi connectivity index (χ0n) is 10.3. The molecular formula is C12H9Br2NO4S2. The molecule has 5 nitrogen and oxygen atoms in total. The topological polar surface area (TPSA) is 83.5 Å². The Morgan fingerprint density at radius 2 is 2.00 bits per heavy atom. The molecule has 0 radical (unpaired) electrons. The first kappa shape index (κ1) is 16.6. The van der Waals surface area contributed by atoms with Crippen LogP contribution in [0.5, 0.6) is 0 Å². The predicted molar refractivity (Wildman–Crippen MR) is 87.1 cm³/mol. The Morgan fingerprint density at radius 1 is 1.29 bits per heavy atom. The zero-order valence-corrected chi connectivity index (χ0v) is 15.1. The third kappa shape index (κ3) is 4.13.